The van der Waals surface area contributed by atoms with Crippen LogP contribution in [0.1, 0.15) is 38.1 Å². The predicted molar refractivity (Wildman–Crippen MR) is 81.8 cm³/mol. The maximum Gasteiger partial charge on any atom is 0.498 e. The Bertz CT molecular complexity index is 526. The fourth-order valence-corrected chi connectivity index (χ4v) is 2.72. The molecule has 0 saturated carbocycles. The molecule has 1 aliphatic heterocycles. The van der Waals surface area contributed by atoms with E-state index in [9.17, 15) is 4.79 Å². The van der Waals surface area contributed by atoms with Crippen molar-refractivity contribution in [1.82, 2.24) is 0 Å². The lowest BCUT2D eigenvalue weighted by Crippen LogP contribution is -2.41. The second kappa shape index (κ2) is 5.17. The highest BCUT2D eigenvalue weighted by atomic mass is 79.9. The summed E-state index contributed by atoms with van der Waals surface area (Å²) >= 11 is 3.41. The molecule has 0 spiro atoms. The Morgan fingerprint density at radius 3 is 2.20 bits per heavy atom. The van der Waals surface area contributed by atoms with E-state index in [1.807, 2.05) is 27.7 Å². The molecule has 0 aliphatic carbocycles. The minimum atomic E-state index is -0.564. The van der Waals surface area contributed by atoms with Gasteiger partial charge in [0.25, 0.3) is 0 Å². The van der Waals surface area contributed by atoms with E-state index in [-0.39, 0.29) is 0 Å². The van der Waals surface area contributed by atoms with E-state index < -0.39 is 18.3 Å². The highest BCUT2D eigenvalue weighted by Crippen LogP contribution is 2.38. The summed E-state index contributed by atoms with van der Waals surface area (Å²) in [4.78, 5) is 11.0. The number of carbonyl (C=O) groups is 1. The van der Waals surface area contributed by atoms with Gasteiger partial charge >= 0.3 is 7.12 Å². The number of halogens is 1. The molecule has 20 heavy (non-hydrogen) atoms. The molecule has 1 aromatic carbocycles. The summed E-state index contributed by atoms with van der Waals surface area (Å²) in [5.41, 5.74) is 0.378. The Kier molecular flexibility index (Phi) is 4.02. The van der Waals surface area contributed by atoms with Gasteiger partial charge in [-0.3, -0.25) is 4.79 Å². The molecule has 0 atom stereocenters. The van der Waals surface area contributed by atoms with Crippen LogP contribution in [0.25, 0.3) is 0 Å². The van der Waals surface area contributed by atoms with E-state index in [0.717, 1.165) is 6.29 Å². The number of hydrogen-bond donors (Lipinski definition) is 0. The van der Waals surface area contributed by atoms with E-state index in [4.69, 9.17) is 14.0 Å². The van der Waals surface area contributed by atoms with Gasteiger partial charge in [-0.15, -0.1) is 0 Å². The van der Waals surface area contributed by atoms with Gasteiger partial charge in [-0.05, 0) is 55.8 Å². The largest absolute Gasteiger partial charge is 0.498 e. The molecule has 4 nitrogen and oxygen atoms in total. The molecule has 0 amide bonds. The van der Waals surface area contributed by atoms with E-state index >= 15 is 0 Å². The van der Waals surface area contributed by atoms with Crippen LogP contribution in [0.2, 0.25) is 0 Å². The normalized spacial score (nSPS) is 20.0. The van der Waals surface area contributed by atoms with Crippen molar-refractivity contribution in [3.63, 3.8) is 0 Å². The average Bonchev–Trinajstić information content (AvgIpc) is 2.57. The molecule has 0 bridgehead atoms. The minimum Gasteiger partial charge on any atom is -0.496 e. The van der Waals surface area contributed by atoms with Gasteiger partial charge in [-0.25, -0.2) is 0 Å². The third kappa shape index (κ3) is 2.52. The van der Waals surface area contributed by atoms with Crippen LogP contribution in [0, 0.1) is 0 Å². The number of methoxy groups -OCH3 is 1. The van der Waals surface area contributed by atoms with Gasteiger partial charge in [-0.1, -0.05) is 0 Å². The first-order chi connectivity index (χ1) is 9.21. The maximum atomic E-state index is 11.0. The molecule has 1 heterocycles. The third-order valence-electron chi connectivity index (χ3n) is 3.94. The molecule has 1 aliphatic rings. The Morgan fingerprint density at radius 2 is 1.75 bits per heavy atom. The van der Waals surface area contributed by atoms with E-state index in [1.165, 1.54) is 0 Å². The van der Waals surface area contributed by atoms with Crippen LogP contribution >= 0.6 is 15.9 Å². The third-order valence-corrected chi connectivity index (χ3v) is 4.53. The summed E-state index contributed by atoms with van der Waals surface area (Å²) in [7, 11) is 1.02. The van der Waals surface area contributed by atoms with Crippen LogP contribution in [0.3, 0.4) is 0 Å². The molecule has 0 N–H and O–H groups in total. The molecule has 108 valence electrons. The minimum absolute atomic E-state index is 0.438. The fourth-order valence-electron chi connectivity index (χ4n) is 2.07. The zero-order valence-electron chi connectivity index (χ0n) is 12.3. The number of aldehydes is 1. The molecule has 1 fully saturated rings. The highest BCUT2D eigenvalue weighted by molar-refractivity contribution is 9.10. The first kappa shape index (κ1) is 15.5. The van der Waals surface area contributed by atoms with Crippen LogP contribution in [0.15, 0.2) is 16.6 Å². The molecule has 0 radical (unpaired) electrons. The van der Waals surface area contributed by atoms with Gasteiger partial charge in [-0.2, -0.15) is 0 Å². The summed E-state index contributed by atoms with van der Waals surface area (Å²) in [6, 6.07) is 3.44. The van der Waals surface area contributed by atoms with Gasteiger partial charge in [0.05, 0.1) is 22.8 Å². The van der Waals surface area contributed by atoms with Crippen LogP contribution in [0.5, 0.6) is 5.75 Å². The number of ether oxygens (including phenoxy) is 1. The molecule has 0 aromatic heterocycles. The second-order valence-electron chi connectivity index (χ2n) is 5.83. The van der Waals surface area contributed by atoms with Crippen molar-refractivity contribution < 1.29 is 18.8 Å². The lowest BCUT2D eigenvalue weighted by Gasteiger charge is -2.32. The standard InChI is InChI=1S/C14H18BBrO4/c1-13(2)14(3,4)20-15(19-13)10-6-9(8-17)7-11(16)12(10)18-5/h6-8H,1-5H3. The predicted octanol–water partition coefficient (Wildman–Crippen LogP) is 2.57. The average molecular weight is 341 g/mol. The topological polar surface area (TPSA) is 44.8 Å². The lowest BCUT2D eigenvalue weighted by molar-refractivity contribution is 0.00578. The van der Waals surface area contributed by atoms with Crippen LogP contribution < -0.4 is 10.2 Å². The zero-order valence-corrected chi connectivity index (χ0v) is 13.9. The Labute approximate surface area is 128 Å². The highest BCUT2D eigenvalue weighted by Gasteiger charge is 2.52. The van der Waals surface area contributed by atoms with Crippen molar-refractivity contribution >= 4 is 34.8 Å². The van der Waals surface area contributed by atoms with Crippen molar-refractivity contribution in [2.24, 2.45) is 0 Å². The fraction of sp³-hybridized carbons (Fsp3) is 0.500. The molecule has 1 aromatic rings. The zero-order chi connectivity index (χ0) is 15.1. The number of rotatable bonds is 3. The Hall–Kier alpha value is -0.845. The summed E-state index contributed by atoms with van der Waals surface area (Å²) < 4.78 is 18.1. The summed E-state index contributed by atoms with van der Waals surface area (Å²) in [5.74, 6) is 0.620. The van der Waals surface area contributed by atoms with Gasteiger partial charge in [0.15, 0.2) is 0 Å². The lowest BCUT2D eigenvalue weighted by atomic mass is 9.77. The summed E-state index contributed by atoms with van der Waals surface area (Å²) in [6.07, 6.45) is 0.791. The number of benzene rings is 1. The first-order valence-electron chi connectivity index (χ1n) is 6.40. The molecule has 2 rings (SSSR count). The van der Waals surface area contributed by atoms with Gasteiger partial charge in [0.1, 0.15) is 12.0 Å². The summed E-state index contributed by atoms with van der Waals surface area (Å²) in [6.45, 7) is 7.94. The monoisotopic (exact) mass is 340 g/mol. The van der Waals surface area contributed by atoms with Crippen LogP contribution in [-0.4, -0.2) is 31.7 Å². The van der Waals surface area contributed by atoms with Crippen molar-refractivity contribution in [2.45, 2.75) is 38.9 Å². The molecular weight excluding hydrogens is 323 g/mol. The Balaban J connectivity index is 2.48. The SMILES string of the molecule is COc1c(Br)cc(C=O)cc1B1OC(C)(C)C(C)(C)O1. The first-order valence-corrected chi connectivity index (χ1v) is 7.19. The summed E-state index contributed by atoms with van der Waals surface area (Å²) in [5, 5.41) is 0. The van der Waals surface area contributed by atoms with E-state index in [1.54, 1.807) is 19.2 Å². The molecular formula is C14H18BBrO4. The van der Waals surface area contributed by atoms with E-state index in [2.05, 4.69) is 15.9 Å². The van der Waals surface area contributed by atoms with Crippen molar-refractivity contribution in [3.05, 3.63) is 22.2 Å². The van der Waals surface area contributed by atoms with Crippen molar-refractivity contribution in [1.29, 1.82) is 0 Å². The maximum absolute atomic E-state index is 11.0. The van der Waals surface area contributed by atoms with Crippen LogP contribution in [0.4, 0.5) is 0 Å². The quantitative estimate of drug-likeness (QED) is 0.626. The smallest absolute Gasteiger partial charge is 0.496 e. The van der Waals surface area contributed by atoms with Gasteiger partial charge in [0, 0.05) is 11.0 Å². The van der Waals surface area contributed by atoms with E-state index in [0.29, 0.717) is 21.2 Å². The number of carbonyl (C=O) groups excluding carboxylic acids is 1. The van der Waals surface area contributed by atoms with Gasteiger partial charge in [0.2, 0.25) is 0 Å². The van der Waals surface area contributed by atoms with Crippen molar-refractivity contribution in [3.8, 4) is 5.75 Å². The van der Waals surface area contributed by atoms with Crippen LogP contribution in [-0.2, 0) is 9.31 Å². The molecule has 0 unspecified atom stereocenters. The van der Waals surface area contributed by atoms with Crippen molar-refractivity contribution in [2.75, 3.05) is 7.11 Å². The molecule has 1 saturated heterocycles. The Morgan fingerprint density at radius 1 is 1.20 bits per heavy atom. The second-order valence-corrected chi connectivity index (χ2v) is 6.69. The number of hydrogen-bond acceptors (Lipinski definition) is 4. The van der Waals surface area contributed by atoms with Gasteiger partial charge < -0.3 is 14.0 Å². The molecule has 6 heteroatoms.